The molecule has 0 aromatic heterocycles. The molecule has 0 spiro atoms. The van der Waals surface area contributed by atoms with E-state index >= 15 is 0 Å². The van der Waals surface area contributed by atoms with Gasteiger partial charge < -0.3 is 5.32 Å². The van der Waals surface area contributed by atoms with E-state index in [-0.39, 0.29) is 17.9 Å². The van der Waals surface area contributed by atoms with E-state index < -0.39 is 0 Å². The van der Waals surface area contributed by atoms with E-state index in [1.165, 1.54) is 4.90 Å². The quantitative estimate of drug-likeness (QED) is 0.689. The SMILES string of the molecule is CCC(CC)NC1CC(=O)N(CC)C1=O. The van der Waals surface area contributed by atoms with E-state index in [0.717, 1.165) is 12.8 Å². The summed E-state index contributed by atoms with van der Waals surface area (Å²) in [6.07, 6.45) is 2.30. The summed E-state index contributed by atoms with van der Waals surface area (Å²) >= 11 is 0. The van der Waals surface area contributed by atoms with Crippen molar-refractivity contribution in [3.8, 4) is 0 Å². The van der Waals surface area contributed by atoms with Gasteiger partial charge in [0, 0.05) is 12.6 Å². The number of likely N-dealkylation sites (N-methyl/N-ethyl adjacent to an activating group) is 1. The number of amides is 2. The van der Waals surface area contributed by atoms with Crippen LogP contribution in [0.1, 0.15) is 40.0 Å². The highest BCUT2D eigenvalue weighted by molar-refractivity contribution is 6.05. The van der Waals surface area contributed by atoms with Gasteiger partial charge in [0.25, 0.3) is 0 Å². The van der Waals surface area contributed by atoms with Crippen LogP contribution < -0.4 is 5.32 Å². The lowest BCUT2D eigenvalue weighted by molar-refractivity contribution is -0.138. The first-order valence-corrected chi connectivity index (χ1v) is 5.74. The molecule has 86 valence electrons. The van der Waals surface area contributed by atoms with Crippen molar-refractivity contribution < 1.29 is 9.59 Å². The second-order valence-electron chi connectivity index (χ2n) is 3.91. The molecule has 1 aliphatic rings. The maximum absolute atomic E-state index is 11.8. The van der Waals surface area contributed by atoms with Crippen molar-refractivity contribution in [2.45, 2.75) is 52.1 Å². The third-order valence-corrected chi connectivity index (χ3v) is 2.98. The molecule has 1 heterocycles. The Morgan fingerprint density at radius 1 is 1.33 bits per heavy atom. The molecule has 0 bridgehead atoms. The number of carbonyl (C=O) groups excluding carboxylic acids is 2. The highest BCUT2D eigenvalue weighted by Gasteiger charge is 2.37. The number of imide groups is 1. The lowest BCUT2D eigenvalue weighted by Crippen LogP contribution is -2.43. The van der Waals surface area contributed by atoms with Gasteiger partial charge in [-0.1, -0.05) is 13.8 Å². The van der Waals surface area contributed by atoms with E-state index in [4.69, 9.17) is 0 Å². The molecule has 0 aromatic carbocycles. The monoisotopic (exact) mass is 212 g/mol. The summed E-state index contributed by atoms with van der Waals surface area (Å²) in [5.41, 5.74) is 0. The number of nitrogens with one attached hydrogen (secondary N) is 1. The van der Waals surface area contributed by atoms with E-state index in [0.29, 0.717) is 19.0 Å². The Balaban J connectivity index is 2.58. The second kappa shape index (κ2) is 5.26. The molecule has 1 atom stereocenters. The zero-order chi connectivity index (χ0) is 11.4. The predicted molar refractivity (Wildman–Crippen MR) is 58.3 cm³/mol. The normalized spacial score (nSPS) is 21.9. The van der Waals surface area contributed by atoms with Gasteiger partial charge in [-0.05, 0) is 19.8 Å². The van der Waals surface area contributed by atoms with Crippen molar-refractivity contribution in [2.24, 2.45) is 0 Å². The summed E-state index contributed by atoms with van der Waals surface area (Å²) in [4.78, 5) is 24.5. The van der Waals surface area contributed by atoms with E-state index in [2.05, 4.69) is 19.2 Å². The van der Waals surface area contributed by atoms with Crippen molar-refractivity contribution >= 4 is 11.8 Å². The first-order valence-electron chi connectivity index (χ1n) is 5.74. The fourth-order valence-electron chi connectivity index (χ4n) is 1.95. The Kier molecular flexibility index (Phi) is 4.27. The molecule has 0 aliphatic carbocycles. The Morgan fingerprint density at radius 3 is 2.33 bits per heavy atom. The molecule has 1 fully saturated rings. The maximum atomic E-state index is 11.8. The third kappa shape index (κ3) is 2.56. The van der Waals surface area contributed by atoms with Gasteiger partial charge in [0.05, 0.1) is 12.5 Å². The number of rotatable bonds is 5. The summed E-state index contributed by atoms with van der Waals surface area (Å²) in [6, 6.07) is 0.0471. The van der Waals surface area contributed by atoms with Gasteiger partial charge in [-0.15, -0.1) is 0 Å². The van der Waals surface area contributed by atoms with Crippen molar-refractivity contribution in [3.05, 3.63) is 0 Å². The van der Waals surface area contributed by atoms with Gasteiger partial charge in [-0.2, -0.15) is 0 Å². The van der Waals surface area contributed by atoms with Gasteiger partial charge in [0.2, 0.25) is 11.8 Å². The summed E-state index contributed by atoms with van der Waals surface area (Å²) in [5, 5.41) is 3.25. The van der Waals surface area contributed by atoms with Crippen LogP contribution >= 0.6 is 0 Å². The first kappa shape index (κ1) is 12.2. The van der Waals surface area contributed by atoms with Gasteiger partial charge >= 0.3 is 0 Å². The standard InChI is InChI=1S/C11H20N2O2/c1-4-8(5-2)12-9-7-10(14)13(6-3)11(9)15/h8-9,12H,4-7H2,1-3H3. The third-order valence-electron chi connectivity index (χ3n) is 2.98. The van der Waals surface area contributed by atoms with E-state index in [9.17, 15) is 9.59 Å². The Bertz CT molecular complexity index is 249. The molecule has 0 radical (unpaired) electrons. The summed E-state index contributed by atoms with van der Waals surface area (Å²) in [6.45, 7) is 6.48. The molecule has 1 unspecified atom stereocenters. The number of hydrogen-bond acceptors (Lipinski definition) is 3. The maximum Gasteiger partial charge on any atom is 0.246 e. The topological polar surface area (TPSA) is 49.4 Å². The highest BCUT2D eigenvalue weighted by atomic mass is 16.2. The molecule has 1 N–H and O–H groups in total. The molecule has 4 nitrogen and oxygen atoms in total. The van der Waals surface area contributed by atoms with Crippen molar-refractivity contribution in [1.29, 1.82) is 0 Å². The van der Waals surface area contributed by atoms with Gasteiger partial charge in [-0.25, -0.2) is 0 Å². The molecular formula is C11H20N2O2. The van der Waals surface area contributed by atoms with E-state index in [1.807, 2.05) is 6.92 Å². The van der Waals surface area contributed by atoms with Crippen molar-refractivity contribution in [2.75, 3.05) is 6.54 Å². The zero-order valence-corrected chi connectivity index (χ0v) is 9.75. The minimum absolute atomic E-state index is 0.0500. The summed E-state index contributed by atoms with van der Waals surface area (Å²) in [7, 11) is 0. The molecule has 0 saturated carbocycles. The molecule has 1 saturated heterocycles. The van der Waals surface area contributed by atoms with Crippen LogP contribution in [0.3, 0.4) is 0 Å². The fraction of sp³-hybridized carbons (Fsp3) is 0.818. The molecule has 15 heavy (non-hydrogen) atoms. The van der Waals surface area contributed by atoms with Crippen LogP contribution in [0.25, 0.3) is 0 Å². The fourth-order valence-corrected chi connectivity index (χ4v) is 1.95. The smallest absolute Gasteiger partial charge is 0.246 e. The molecule has 2 amide bonds. The molecule has 1 aliphatic heterocycles. The predicted octanol–water partition coefficient (Wildman–Crippen LogP) is 0.912. The summed E-state index contributed by atoms with van der Waals surface area (Å²) < 4.78 is 0. The number of nitrogens with zero attached hydrogens (tertiary/aromatic N) is 1. The number of hydrogen-bond donors (Lipinski definition) is 1. The average molecular weight is 212 g/mol. The van der Waals surface area contributed by atoms with Crippen molar-refractivity contribution in [3.63, 3.8) is 0 Å². The zero-order valence-electron chi connectivity index (χ0n) is 9.75. The van der Waals surface area contributed by atoms with Gasteiger partial charge in [-0.3, -0.25) is 14.5 Å². The van der Waals surface area contributed by atoms with Gasteiger partial charge in [0.1, 0.15) is 0 Å². The average Bonchev–Trinajstić information content (AvgIpc) is 2.50. The Labute approximate surface area is 91.0 Å². The van der Waals surface area contributed by atoms with Crippen LogP contribution in [0.2, 0.25) is 0 Å². The van der Waals surface area contributed by atoms with Crippen LogP contribution in [0, 0.1) is 0 Å². The molecule has 0 aromatic rings. The summed E-state index contributed by atoms with van der Waals surface area (Å²) in [5.74, 6) is -0.111. The molecule has 1 rings (SSSR count). The van der Waals surface area contributed by atoms with Crippen molar-refractivity contribution in [1.82, 2.24) is 10.2 Å². The largest absolute Gasteiger partial charge is 0.303 e. The highest BCUT2D eigenvalue weighted by Crippen LogP contribution is 2.14. The van der Waals surface area contributed by atoms with Crippen LogP contribution in [0.15, 0.2) is 0 Å². The first-order chi connectivity index (χ1) is 7.13. The lowest BCUT2D eigenvalue weighted by atomic mass is 10.1. The van der Waals surface area contributed by atoms with Gasteiger partial charge in [0.15, 0.2) is 0 Å². The number of carbonyl (C=O) groups is 2. The molecule has 4 heteroatoms. The van der Waals surface area contributed by atoms with Crippen LogP contribution in [-0.4, -0.2) is 35.3 Å². The molecular weight excluding hydrogens is 192 g/mol. The van der Waals surface area contributed by atoms with Crippen LogP contribution in [0.4, 0.5) is 0 Å². The number of likely N-dealkylation sites (tertiary alicyclic amines) is 1. The second-order valence-corrected chi connectivity index (χ2v) is 3.91. The van der Waals surface area contributed by atoms with Crippen LogP contribution in [-0.2, 0) is 9.59 Å². The van der Waals surface area contributed by atoms with Crippen LogP contribution in [0.5, 0.6) is 0 Å². The Hall–Kier alpha value is -0.900. The minimum Gasteiger partial charge on any atom is -0.303 e. The lowest BCUT2D eigenvalue weighted by Gasteiger charge is -2.19. The Morgan fingerprint density at radius 2 is 1.93 bits per heavy atom. The minimum atomic E-state index is -0.289. The van der Waals surface area contributed by atoms with E-state index in [1.54, 1.807) is 0 Å².